The standard InChI is InChI=1S/C10H12N5O4.Na/c11-8-5-9(13-2-12-8)15(3-14-5)10-7(18)6(17)4(1-16)19-10;/h2-4,6-7,16-18H,1H2,(H2,11,12,13);/q-1;+1/t4-,6-,7-;/m1./s1. The van der Waals surface area contributed by atoms with E-state index < -0.39 is 24.9 Å². The maximum Gasteiger partial charge on any atom is 1.00 e. The van der Waals surface area contributed by atoms with Gasteiger partial charge in [0, 0.05) is 0 Å². The first kappa shape index (κ1) is 15.4. The van der Waals surface area contributed by atoms with Crippen LogP contribution >= 0.6 is 0 Å². The van der Waals surface area contributed by atoms with E-state index >= 15 is 0 Å². The third kappa shape index (κ3) is 2.27. The Morgan fingerprint density at radius 1 is 1.35 bits per heavy atom. The third-order valence-corrected chi connectivity index (χ3v) is 3.01. The van der Waals surface area contributed by atoms with E-state index in [4.69, 9.17) is 15.6 Å². The van der Waals surface area contributed by atoms with Gasteiger partial charge in [-0.1, -0.05) is 0 Å². The second-order valence-electron chi connectivity index (χ2n) is 4.16. The summed E-state index contributed by atoms with van der Waals surface area (Å²) in [6.45, 7) is -0.411. The number of fused-ring (bicyclic) bond motifs is 1. The van der Waals surface area contributed by atoms with E-state index in [1.54, 1.807) is 0 Å². The number of ether oxygens (including phenoxy) is 1. The number of hydrogen-bond donors (Lipinski definition) is 4. The Kier molecular flexibility index (Phi) is 4.49. The molecule has 10 heteroatoms. The molecule has 9 nitrogen and oxygen atoms in total. The molecule has 3 atom stereocenters. The van der Waals surface area contributed by atoms with Crippen molar-refractivity contribution in [3.8, 4) is 0 Å². The Hall–Kier alpha value is -0.940. The molecule has 0 bridgehead atoms. The number of nitrogens with two attached hydrogens (primary N) is 1. The molecule has 1 aliphatic heterocycles. The van der Waals surface area contributed by atoms with E-state index in [9.17, 15) is 10.2 Å². The molecule has 0 aliphatic carbocycles. The summed E-state index contributed by atoms with van der Waals surface area (Å²) in [5, 5.41) is 28.7. The number of imidazole rings is 1. The molecule has 1 saturated heterocycles. The summed E-state index contributed by atoms with van der Waals surface area (Å²) < 4.78 is 6.69. The summed E-state index contributed by atoms with van der Waals surface area (Å²) in [4.78, 5) is 11.8. The van der Waals surface area contributed by atoms with Crippen molar-refractivity contribution in [1.82, 2.24) is 19.5 Å². The Labute approximate surface area is 135 Å². The monoisotopic (exact) mass is 289 g/mol. The van der Waals surface area contributed by atoms with Crippen LogP contribution in [0.1, 0.15) is 0 Å². The molecule has 0 amide bonds. The molecule has 1 fully saturated rings. The van der Waals surface area contributed by atoms with Gasteiger partial charge in [0.2, 0.25) is 0 Å². The first-order chi connectivity index (χ1) is 9.13. The van der Waals surface area contributed by atoms with E-state index in [1.807, 2.05) is 0 Å². The van der Waals surface area contributed by atoms with Crippen LogP contribution in [0.5, 0.6) is 0 Å². The number of aromatic nitrogens is 4. The summed E-state index contributed by atoms with van der Waals surface area (Å²) >= 11 is 0. The second kappa shape index (κ2) is 5.82. The van der Waals surface area contributed by atoms with Gasteiger partial charge >= 0.3 is 29.6 Å². The Bertz CT molecular complexity index is 608. The minimum Gasteiger partial charge on any atom is -0.426 e. The average molecular weight is 289 g/mol. The molecule has 0 aromatic carbocycles. The molecular weight excluding hydrogens is 277 g/mol. The average Bonchev–Trinajstić information content (AvgIpc) is 2.94. The molecule has 0 saturated carbocycles. The summed E-state index contributed by atoms with van der Waals surface area (Å²) in [7, 11) is 0. The van der Waals surface area contributed by atoms with Gasteiger partial charge in [-0.2, -0.15) is 0 Å². The van der Waals surface area contributed by atoms with Crippen molar-refractivity contribution < 1.29 is 49.6 Å². The number of aliphatic hydroxyl groups excluding tert-OH is 3. The van der Waals surface area contributed by atoms with Gasteiger partial charge in [0.1, 0.15) is 24.4 Å². The number of rotatable bonds is 2. The van der Waals surface area contributed by atoms with Crippen molar-refractivity contribution >= 4 is 17.0 Å². The number of nitrogens with zero attached hydrogens (tertiary/aromatic N) is 4. The molecular formula is C10H12N5NaO4. The number of hydrogen-bond acceptors (Lipinski definition) is 8. The zero-order valence-corrected chi connectivity index (χ0v) is 12.7. The molecule has 1 aliphatic rings. The molecule has 20 heavy (non-hydrogen) atoms. The third-order valence-electron chi connectivity index (χ3n) is 3.01. The Morgan fingerprint density at radius 3 is 2.75 bits per heavy atom. The summed E-state index contributed by atoms with van der Waals surface area (Å²) in [5.41, 5.74) is 6.38. The first-order valence-corrected chi connectivity index (χ1v) is 5.58. The molecule has 2 aromatic heterocycles. The molecule has 102 valence electrons. The Morgan fingerprint density at radius 2 is 2.10 bits per heavy atom. The topological polar surface area (TPSA) is 140 Å². The molecule has 3 rings (SSSR count). The fourth-order valence-electron chi connectivity index (χ4n) is 2.00. The van der Waals surface area contributed by atoms with Crippen molar-refractivity contribution in [3.63, 3.8) is 0 Å². The minimum atomic E-state index is -1.27. The van der Waals surface area contributed by atoms with Gasteiger partial charge in [-0.3, -0.25) is 4.98 Å². The van der Waals surface area contributed by atoms with Crippen LogP contribution in [0.4, 0.5) is 5.82 Å². The normalized spacial score (nSPS) is 25.9. The van der Waals surface area contributed by atoms with E-state index in [-0.39, 0.29) is 41.6 Å². The summed E-state index contributed by atoms with van der Waals surface area (Å²) in [5.74, 6) is 0.205. The van der Waals surface area contributed by atoms with Gasteiger partial charge in [-0.15, -0.1) is 0 Å². The van der Waals surface area contributed by atoms with Gasteiger partial charge in [-0.25, -0.2) is 4.98 Å². The van der Waals surface area contributed by atoms with Crippen LogP contribution in [0.15, 0.2) is 12.7 Å². The molecule has 0 radical (unpaired) electrons. The van der Waals surface area contributed by atoms with E-state index in [1.165, 1.54) is 17.2 Å². The maximum absolute atomic E-state index is 9.91. The van der Waals surface area contributed by atoms with Crippen molar-refractivity contribution in [2.45, 2.75) is 18.3 Å². The van der Waals surface area contributed by atoms with Crippen LogP contribution < -0.4 is 35.3 Å². The van der Waals surface area contributed by atoms with Gasteiger partial charge in [0.25, 0.3) is 0 Å². The minimum absolute atomic E-state index is 0. The number of nitrogen functional groups attached to an aromatic ring is 1. The predicted octanol–water partition coefficient (Wildman–Crippen LogP) is -5.14. The maximum atomic E-state index is 9.91. The SMILES string of the molecule is Nc1ncnc2c1ncn2[C-]1O[C@H](CO)[C@@H](O)[C@H]1O.[Na+]. The molecule has 3 heterocycles. The zero-order chi connectivity index (χ0) is 13.6. The van der Waals surface area contributed by atoms with Crippen molar-refractivity contribution in [2.24, 2.45) is 0 Å². The van der Waals surface area contributed by atoms with Crippen LogP contribution in [0, 0.1) is 6.23 Å². The van der Waals surface area contributed by atoms with Crippen LogP contribution in [0.2, 0.25) is 0 Å². The van der Waals surface area contributed by atoms with Gasteiger partial charge in [-0.05, 0) is 6.33 Å². The fraction of sp³-hybridized carbons (Fsp3) is 0.400. The second-order valence-corrected chi connectivity index (χ2v) is 4.16. The van der Waals surface area contributed by atoms with Crippen LogP contribution in [-0.4, -0.2) is 59.8 Å². The van der Waals surface area contributed by atoms with Crippen LogP contribution in [0.3, 0.4) is 0 Å². The van der Waals surface area contributed by atoms with Crippen LogP contribution in [0.25, 0.3) is 11.2 Å². The largest absolute Gasteiger partial charge is 1.00 e. The van der Waals surface area contributed by atoms with E-state index in [2.05, 4.69) is 15.0 Å². The number of aliphatic hydroxyl groups is 3. The Balaban J connectivity index is 0.00000147. The summed E-state index contributed by atoms with van der Waals surface area (Å²) in [6, 6.07) is 0. The quantitative estimate of drug-likeness (QED) is 0.318. The molecule has 0 unspecified atom stereocenters. The van der Waals surface area contributed by atoms with Crippen LogP contribution in [-0.2, 0) is 4.74 Å². The smallest absolute Gasteiger partial charge is 0.426 e. The molecule has 0 spiro atoms. The predicted molar refractivity (Wildman–Crippen MR) is 62.3 cm³/mol. The van der Waals surface area contributed by atoms with E-state index in [0.717, 1.165) is 0 Å². The molecule has 5 N–H and O–H groups in total. The summed E-state index contributed by atoms with van der Waals surface area (Å²) in [6.07, 6.45) is -0.700. The van der Waals surface area contributed by atoms with E-state index in [0.29, 0.717) is 11.2 Å². The van der Waals surface area contributed by atoms with Crippen molar-refractivity contribution in [2.75, 3.05) is 12.3 Å². The number of anilines is 1. The fourth-order valence-corrected chi connectivity index (χ4v) is 2.00. The van der Waals surface area contributed by atoms with Gasteiger partial charge < -0.3 is 35.3 Å². The van der Waals surface area contributed by atoms with Gasteiger partial charge in [0.15, 0.2) is 0 Å². The molecule has 2 aromatic rings. The first-order valence-electron chi connectivity index (χ1n) is 5.58. The zero-order valence-electron chi connectivity index (χ0n) is 10.7. The van der Waals surface area contributed by atoms with Crippen molar-refractivity contribution in [3.05, 3.63) is 18.9 Å². The van der Waals surface area contributed by atoms with Gasteiger partial charge in [0.05, 0.1) is 30.1 Å². The van der Waals surface area contributed by atoms with Crippen molar-refractivity contribution in [1.29, 1.82) is 0 Å².